The maximum absolute atomic E-state index is 11.7. The van der Waals surface area contributed by atoms with E-state index in [0.29, 0.717) is 0 Å². The van der Waals surface area contributed by atoms with Gasteiger partial charge in [-0.15, -0.1) is 11.8 Å². The number of β-lactam (4-membered cyclic amide) rings is 1. The number of nitrogens with zero attached hydrogens (tertiary/aromatic N) is 1. The van der Waals surface area contributed by atoms with Crippen LogP contribution >= 0.6 is 11.8 Å². The number of thioether (sulfide) groups is 1. The minimum atomic E-state index is -0.959. The summed E-state index contributed by atoms with van der Waals surface area (Å²) >= 11 is 1.46. The van der Waals surface area contributed by atoms with Crippen LogP contribution in [0.2, 0.25) is 0 Å². The van der Waals surface area contributed by atoms with E-state index in [4.69, 9.17) is 10.8 Å². The fraction of sp³-hybridized carbons (Fsp3) is 0.778. The SMILES string of the molecule is CC1(C)SC2N(C(=O)[C@@]2(C)N)C1C(=O)O. The Kier molecular flexibility index (Phi) is 1.92. The highest BCUT2D eigenvalue weighted by molar-refractivity contribution is 8.01. The molecule has 1 amide bonds. The van der Waals surface area contributed by atoms with Gasteiger partial charge in [-0.05, 0) is 20.8 Å². The molecule has 3 N–H and O–H groups in total. The molecule has 2 heterocycles. The molecule has 0 bridgehead atoms. The van der Waals surface area contributed by atoms with Gasteiger partial charge in [0, 0.05) is 4.75 Å². The van der Waals surface area contributed by atoms with Gasteiger partial charge in [0.05, 0.1) is 0 Å². The van der Waals surface area contributed by atoms with Crippen LogP contribution in [0.25, 0.3) is 0 Å². The molecule has 2 fully saturated rings. The van der Waals surface area contributed by atoms with Crippen LogP contribution in [0.15, 0.2) is 0 Å². The average Bonchev–Trinajstić information content (AvgIpc) is 2.35. The monoisotopic (exact) mass is 230 g/mol. The van der Waals surface area contributed by atoms with E-state index in [1.165, 1.54) is 16.7 Å². The summed E-state index contributed by atoms with van der Waals surface area (Å²) in [4.78, 5) is 24.2. The fourth-order valence-electron chi connectivity index (χ4n) is 2.25. The van der Waals surface area contributed by atoms with Crippen molar-refractivity contribution in [1.29, 1.82) is 0 Å². The summed E-state index contributed by atoms with van der Waals surface area (Å²) in [6.45, 7) is 5.32. The molecule has 0 radical (unpaired) electrons. The lowest BCUT2D eigenvalue weighted by molar-refractivity contribution is -0.164. The van der Waals surface area contributed by atoms with E-state index in [2.05, 4.69) is 0 Å². The Balaban J connectivity index is 2.37. The van der Waals surface area contributed by atoms with Gasteiger partial charge in [0.15, 0.2) is 0 Å². The smallest absolute Gasteiger partial charge is 0.327 e. The molecule has 6 heteroatoms. The maximum atomic E-state index is 11.7. The number of rotatable bonds is 1. The molecule has 5 nitrogen and oxygen atoms in total. The van der Waals surface area contributed by atoms with Gasteiger partial charge in [-0.3, -0.25) is 4.79 Å². The summed E-state index contributed by atoms with van der Waals surface area (Å²) in [5.41, 5.74) is 4.92. The predicted octanol–water partition coefficient (Wildman–Crippen LogP) is -0.149. The molecule has 0 aromatic rings. The van der Waals surface area contributed by atoms with Gasteiger partial charge < -0.3 is 15.7 Å². The molecule has 0 spiro atoms. The van der Waals surface area contributed by atoms with E-state index in [-0.39, 0.29) is 11.3 Å². The molecule has 2 saturated heterocycles. The van der Waals surface area contributed by atoms with Gasteiger partial charge >= 0.3 is 5.97 Å². The molecular weight excluding hydrogens is 216 g/mol. The van der Waals surface area contributed by atoms with Gasteiger partial charge in [-0.2, -0.15) is 0 Å². The number of carboxylic acids is 1. The number of hydrogen-bond acceptors (Lipinski definition) is 4. The third-order valence-corrected chi connectivity index (χ3v) is 4.82. The molecule has 0 saturated carbocycles. The van der Waals surface area contributed by atoms with Gasteiger partial charge in [0.25, 0.3) is 0 Å². The number of amides is 1. The Morgan fingerprint density at radius 3 is 2.53 bits per heavy atom. The Bertz CT molecular complexity index is 353. The lowest BCUT2D eigenvalue weighted by atomic mass is 9.87. The predicted molar refractivity (Wildman–Crippen MR) is 56.3 cm³/mol. The lowest BCUT2D eigenvalue weighted by Gasteiger charge is -2.48. The molecule has 2 aliphatic heterocycles. The van der Waals surface area contributed by atoms with E-state index in [9.17, 15) is 9.59 Å². The number of aliphatic carboxylic acids is 1. The number of carbonyl (C=O) groups is 2. The highest BCUT2D eigenvalue weighted by Gasteiger charge is 2.68. The van der Waals surface area contributed by atoms with Crippen molar-refractivity contribution >= 4 is 23.6 Å². The largest absolute Gasteiger partial charge is 0.480 e. The van der Waals surface area contributed by atoms with Crippen LogP contribution in [0.5, 0.6) is 0 Å². The summed E-state index contributed by atoms with van der Waals surface area (Å²) in [5, 5.41) is 8.90. The summed E-state index contributed by atoms with van der Waals surface area (Å²) in [6.07, 6.45) is 0. The summed E-state index contributed by atoms with van der Waals surface area (Å²) in [7, 11) is 0. The topological polar surface area (TPSA) is 83.6 Å². The van der Waals surface area contributed by atoms with Crippen LogP contribution in [0.4, 0.5) is 0 Å². The van der Waals surface area contributed by atoms with E-state index in [0.717, 1.165) is 0 Å². The Morgan fingerprint density at radius 2 is 2.07 bits per heavy atom. The second kappa shape index (κ2) is 2.68. The molecule has 2 aliphatic rings. The fourth-order valence-corrected chi connectivity index (χ4v) is 3.84. The van der Waals surface area contributed by atoms with Gasteiger partial charge in [0.2, 0.25) is 5.91 Å². The Morgan fingerprint density at radius 1 is 1.53 bits per heavy atom. The first-order valence-electron chi connectivity index (χ1n) is 4.72. The van der Waals surface area contributed by atoms with Gasteiger partial charge in [-0.1, -0.05) is 0 Å². The van der Waals surface area contributed by atoms with Crippen LogP contribution in [0, 0.1) is 0 Å². The first-order chi connectivity index (χ1) is 6.69. The minimum absolute atomic E-state index is 0.207. The van der Waals surface area contributed by atoms with Gasteiger partial charge in [0.1, 0.15) is 17.0 Å². The molecule has 84 valence electrons. The summed E-state index contributed by atoms with van der Waals surface area (Å²) < 4.78 is -0.483. The number of carboxylic acid groups (broad SMARTS) is 1. The second-order valence-corrected chi connectivity index (χ2v) is 6.54. The molecular formula is C9H14N2O3S. The van der Waals surface area contributed by atoms with Crippen LogP contribution < -0.4 is 5.73 Å². The highest BCUT2D eigenvalue weighted by Crippen LogP contribution is 2.53. The molecule has 2 rings (SSSR count). The van der Waals surface area contributed by atoms with Crippen LogP contribution in [0.3, 0.4) is 0 Å². The van der Waals surface area contributed by atoms with Crippen molar-refractivity contribution in [3.63, 3.8) is 0 Å². The number of fused-ring (bicyclic) bond motifs is 1. The van der Waals surface area contributed by atoms with Crippen molar-refractivity contribution in [2.45, 2.75) is 42.5 Å². The first-order valence-corrected chi connectivity index (χ1v) is 5.60. The summed E-state index contributed by atoms with van der Waals surface area (Å²) in [6, 6.07) is -0.767. The van der Waals surface area contributed by atoms with E-state index < -0.39 is 22.3 Å². The molecule has 2 unspecified atom stereocenters. The molecule has 15 heavy (non-hydrogen) atoms. The zero-order valence-corrected chi connectivity index (χ0v) is 9.67. The van der Waals surface area contributed by atoms with E-state index in [1.807, 2.05) is 13.8 Å². The highest BCUT2D eigenvalue weighted by atomic mass is 32.2. The standard InChI is InChI=1S/C9H14N2O3S/c1-8(2)4(5(12)13)11-6(14)9(3,10)7(11)15-8/h4,7H,10H2,1-3H3,(H,12,13)/t4?,7?,9-/m1/s1. The third kappa shape index (κ3) is 1.15. The minimum Gasteiger partial charge on any atom is -0.480 e. The number of nitrogens with two attached hydrogens (primary N) is 1. The van der Waals surface area contributed by atoms with Crippen LogP contribution in [0.1, 0.15) is 20.8 Å². The van der Waals surface area contributed by atoms with E-state index >= 15 is 0 Å². The lowest BCUT2D eigenvalue weighted by Crippen LogP contribution is -2.76. The Hall–Kier alpha value is -0.750. The third-order valence-electron chi connectivity index (χ3n) is 3.05. The Labute approximate surface area is 92.0 Å². The van der Waals surface area contributed by atoms with Crippen molar-refractivity contribution in [2.24, 2.45) is 5.73 Å². The van der Waals surface area contributed by atoms with Gasteiger partial charge in [-0.25, -0.2) is 4.79 Å². The average molecular weight is 230 g/mol. The van der Waals surface area contributed by atoms with Crippen molar-refractivity contribution in [1.82, 2.24) is 4.90 Å². The second-order valence-electron chi connectivity index (χ2n) is 4.81. The van der Waals surface area contributed by atoms with Crippen LogP contribution in [-0.2, 0) is 9.59 Å². The van der Waals surface area contributed by atoms with E-state index in [1.54, 1.807) is 6.92 Å². The molecule has 0 aliphatic carbocycles. The molecule has 0 aromatic heterocycles. The number of carbonyl (C=O) groups excluding carboxylic acids is 1. The van der Waals surface area contributed by atoms with Crippen molar-refractivity contribution < 1.29 is 14.7 Å². The quantitative estimate of drug-likeness (QED) is 0.612. The van der Waals surface area contributed by atoms with Crippen molar-refractivity contribution in [3.8, 4) is 0 Å². The normalized spacial score (nSPS) is 42.4. The van der Waals surface area contributed by atoms with Crippen molar-refractivity contribution in [3.05, 3.63) is 0 Å². The molecule has 3 atom stereocenters. The zero-order chi connectivity index (χ0) is 11.6. The zero-order valence-electron chi connectivity index (χ0n) is 8.85. The number of hydrogen-bond donors (Lipinski definition) is 2. The van der Waals surface area contributed by atoms with Crippen LogP contribution in [-0.4, -0.2) is 43.6 Å². The van der Waals surface area contributed by atoms with Crippen molar-refractivity contribution in [2.75, 3.05) is 0 Å². The summed E-state index contributed by atoms with van der Waals surface area (Å²) in [5.74, 6) is -1.23. The molecule has 0 aromatic carbocycles. The maximum Gasteiger partial charge on any atom is 0.327 e. The first kappa shape index (κ1) is 10.8.